The molecule has 0 radical (unpaired) electrons. The number of halogens is 1. The summed E-state index contributed by atoms with van der Waals surface area (Å²) in [5.41, 5.74) is 0.628. The molecular weight excluding hydrogens is 220 g/mol. The zero-order valence-corrected chi connectivity index (χ0v) is 8.02. The van der Waals surface area contributed by atoms with Crippen molar-refractivity contribution in [1.29, 1.82) is 0 Å². The number of aromatic nitrogens is 1. The Kier molecular flexibility index (Phi) is 3.10. The van der Waals surface area contributed by atoms with E-state index in [1.54, 1.807) is 18.5 Å². The Balaban J connectivity index is 2.45. The van der Waals surface area contributed by atoms with Crippen LogP contribution in [0.5, 0.6) is 0 Å². The highest BCUT2D eigenvalue weighted by Crippen LogP contribution is 1.99. The van der Waals surface area contributed by atoms with Crippen molar-refractivity contribution in [2.24, 2.45) is 0 Å². The Hall–Kier alpha value is -1.03. The van der Waals surface area contributed by atoms with Gasteiger partial charge in [0.05, 0.1) is 5.56 Å². The van der Waals surface area contributed by atoms with Gasteiger partial charge in [0.1, 0.15) is 0 Å². The van der Waals surface area contributed by atoms with Crippen LogP contribution in [0.4, 0.5) is 0 Å². The van der Waals surface area contributed by atoms with Crippen molar-refractivity contribution in [3.05, 3.63) is 35.1 Å². The maximum Gasteiger partial charge on any atom is 0.253 e. The normalized spacial score (nSPS) is 9.42. The summed E-state index contributed by atoms with van der Waals surface area (Å²) in [6.45, 7) is 4.05. The molecule has 0 atom stereocenters. The second kappa shape index (κ2) is 4.11. The zero-order chi connectivity index (χ0) is 8.97. The van der Waals surface area contributed by atoms with Gasteiger partial charge < -0.3 is 10.3 Å². The summed E-state index contributed by atoms with van der Waals surface area (Å²) < 4.78 is 0.756. The quantitative estimate of drug-likeness (QED) is 0.813. The number of rotatable bonds is 3. The predicted octanol–water partition coefficient (Wildman–Crippen LogP) is 1.65. The summed E-state index contributed by atoms with van der Waals surface area (Å²) in [7, 11) is 0. The van der Waals surface area contributed by atoms with Gasteiger partial charge in [0.2, 0.25) is 0 Å². The molecule has 64 valence electrons. The third-order valence-electron chi connectivity index (χ3n) is 1.30. The van der Waals surface area contributed by atoms with Gasteiger partial charge in [0.25, 0.3) is 5.91 Å². The first-order valence-electron chi connectivity index (χ1n) is 3.44. The van der Waals surface area contributed by atoms with Crippen molar-refractivity contribution in [2.75, 3.05) is 6.54 Å². The number of amides is 1. The number of carbonyl (C=O) groups is 1. The minimum absolute atomic E-state index is 0.100. The van der Waals surface area contributed by atoms with Crippen molar-refractivity contribution in [2.45, 2.75) is 0 Å². The lowest BCUT2D eigenvalue weighted by Gasteiger charge is -2.00. The van der Waals surface area contributed by atoms with Crippen molar-refractivity contribution in [1.82, 2.24) is 10.3 Å². The van der Waals surface area contributed by atoms with Crippen LogP contribution >= 0.6 is 15.9 Å². The van der Waals surface area contributed by atoms with Gasteiger partial charge in [-0.05, 0) is 6.07 Å². The summed E-state index contributed by atoms with van der Waals surface area (Å²) in [5, 5.41) is 2.68. The largest absolute Gasteiger partial charge is 0.367 e. The Labute approximate surface area is 79.0 Å². The molecule has 0 bridgehead atoms. The number of hydrogen-bond donors (Lipinski definition) is 2. The standard InChI is InChI=1S/C8H9BrN2O/c1-6(9)4-11-8(12)7-2-3-10-5-7/h2-3,5,10H,1,4H2,(H,11,12). The molecule has 0 saturated carbocycles. The molecule has 0 aliphatic rings. The molecule has 0 aromatic carbocycles. The summed E-state index contributed by atoms with van der Waals surface area (Å²) in [6, 6.07) is 1.71. The smallest absolute Gasteiger partial charge is 0.253 e. The molecule has 3 nitrogen and oxygen atoms in total. The van der Waals surface area contributed by atoms with E-state index in [0.29, 0.717) is 12.1 Å². The topological polar surface area (TPSA) is 44.9 Å². The van der Waals surface area contributed by atoms with Crippen LogP contribution in [-0.4, -0.2) is 17.4 Å². The van der Waals surface area contributed by atoms with E-state index in [4.69, 9.17) is 0 Å². The second-order valence-corrected chi connectivity index (χ2v) is 3.42. The lowest BCUT2D eigenvalue weighted by molar-refractivity contribution is 0.0958. The molecule has 0 unspecified atom stereocenters. The summed E-state index contributed by atoms with van der Waals surface area (Å²) >= 11 is 3.15. The van der Waals surface area contributed by atoms with E-state index in [2.05, 4.69) is 32.8 Å². The maximum atomic E-state index is 11.2. The minimum Gasteiger partial charge on any atom is -0.367 e. The average molecular weight is 229 g/mol. The van der Waals surface area contributed by atoms with Crippen molar-refractivity contribution in [3.63, 3.8) is 0 Å². The molecule has 0 aliphatic heterocycles. The first-order chi connectivity index (χ1) is 5.70. The SMILES string of the molecule is C=C(Br)CNC(=O)c1cc[nH]c1. The number of nitrogens with one attached hydrogen (secondary N) is 2. The molecule has 1 aromatic rings. The van der Waals surface area contributed by atoms with Crippen molar-refractivity contribution >= 4 is 21.8 Å². The number of hydrogen-bond acceptors (Lipinski definition) is 1. The number of carbonyl (C=O) groups excluding carboxylic acids is 1. The van der Waals surface area contributed by atoms with Crippen LogP contribution in [0, 0.1) is 0 Å². The van der Waals surface area contributed by atoms with Gasteiger partial charge in [-0.2, -0.15) is 0 Å². The van der Waals surface area contributed by atoms with Crippen LogP contribution in [-0.2, 0) is 0 Å². The van der Waals surface area contributed by atoms with E-state index in [1.807, 2.05) is 0 Å². The highest BCUT2D eigenvalue weighted by molar-refractivity contribution is 9.11. The van der Waals surface area contributed by atoms with Crippen LogP contribution in [0.3, 0.4) is 0 Å². The molecular formula is C8H9BrN2O. The fourth-order valence-corrected chi connectivity index (χ4v) is 0.884. The second-order valence-electron chi connectivity index (χ2n) is 2.30. The van der Waals surface area contributed by atoms with Crippen LogP contribution in [0.25, 0.3) is 0 Å². The molecule has 1 aromatic heterocycles. The third kappa shape index (κ3) is 2.54. The van der Waals surface area contributed by atoms with Gasteiger partial charge in [-0.3, -0.25) is 4.79 Å². The molecule has 0 saturated heterocycles. The zero-order valence-electron chi connectivity index (χ0n) is 6.43. The molecule has 0 aliphatic carbocycles. The average Bonchev–Trinajstić information content (AvgIpc) is 2.51. The highest BCUT2D eigenvalue weighted by atomic mass is 79.9. The van der Waals surface area contributed by atoms with Gasteiger partial charge in [0.15, 0.2) is 0 Å². The van der Waals surface area contributed by atoms with E-state index in [1.165, 1.54) is 0 Å². The first-order valence-corrected chi connectivity index (χ1v) is 4.23. The van der Waals surface area contributed by atoms with E-state index >= 15 is 0 Å². The summed E-state index contributed by atoms with van der Waals surface area (Å²) in [6.07, 6.45) is 3.35. The van der Waals surface area contributed by atoms with Crippen LogP contribution in [0.1, 0.15) is 10.4 Å². The van der Waals surface area contributed by atoms with E-state index in [9.17, 15) is 4.79 Å². The Bertz CT molecular complexity index is 279. The van der Waals surface area contributed by atoms with Crippen LogP contribution < -0.4 is 5.32 Å². The third-order valence-corrected chi connectivity index (χ3v) is 1.58. The monoisotopic (exact) mass is 228 g/mol. The Morgan fingerprint density at radius 2 is 2.50 bits per heavy atom. The van der Waals surface area contributed by atoms with Gasteiger partial charge in [-0.25, -0.2) is 0 Å². The minimum atomic E-state index is -0.100. The van der Waals surface area contributed by atoms with Gasteiger partial charge in [-0.15, -0.1) is 0 Å². The van der Waals surface area contributed by atoms with E-state index < -0.39 is 0 Å². The van der Waals surface area contributed by atoms with E-state index in [-0.39, 0.29) is 5.91 Å². The number of H-pyrrole nitrogens is 1. The molecule has 1 heterocycles. The molecule has 4 heteroatoms. The lowest BCUT2D eigenvalue weighted by Crippen LogP contribution is -2.23. The molecule has 0 spiro atoms. The van der Waals surface area contributed by atoms with Crippen LogP contribution in [0.2, 0.25) is 0 Å². The van der Waals surface area contributed by atoms with Crippen LogP contribution in [0.15, 0.2) is 29.5 Å². The fourth-order valence-electron chi connectivity index (χ4n) is 0.743. The first kappa shape index (κ1) is 9.06. The molecule has 2 N–H and O–H groups in total. The Morgan fingerprint density at radius 3 is 3.00 bits per heavy atom. The highest BCUT2D eigenvalue weighted by Gasteiger charge is 2.03. The predicted molar refractivity (Wildman–Crippen MR) is 51.2 cm³/mol. The number of aromatic amines is 1. The van der Waals surface area contributed by atoms with Gasteiger partial charge >= 0.3 is 0 Å². The van der Waals surface area contributed by atoms with Gasteiger partial charge in [-0.1, -0.05) is 22.5 Å². The van der Waals surface area contributed by atoms with Gasteiger partial charge in [0, 0.05) is 23.4 Å². The fraction of sp³-hybridized carbons (Fsp3) is 0.125. The summed E-state index contributed by atoms with van der Waals surface area (Å²) in [4.78, 5) is 14.0. The molecule has 0 fully saturated rings. The maximum absolute atomic E-state index is 11.2. The molecule has 12 heavy (non-hydrogen) atoms. The molecule has 1 rings (SSSR count). The molecule has 1 amide bonds. The lowest BCUT2D eigenvalue weighted by atomic mass is 10.3. The summed E-state index contributed by atoms with van der Waals surface area (Å²) in [5.74, 6) is -0.100. The van der Waals surface area contributed by atoms with Crippen molar-refractivity contribution in [3.8, 4) is 0 Å². The van der Waals surface area contributed by atoms with Crippen molar-refractivity contribution < 1.29 is 4.79 Å². The van der Waals surface area contributed by atoms with E-state index in [0.717, 1.165) is 4.48 Å². The Morgan fingerprint density at radius 1 is 1.75 bits per heavy atom.